The Kier molecular flexibility index (Phi) is 8.24. The Balaban J connectivity index is 0.00000289. The topological polar surface area (TPSA) is 46.3 Å². The number of amides is 1. The second-order valence-corrected chi connectivity index (χ2v) is 4.99. The van der Waals surface area contributed by atoms with Crippen LogP contribution in [0.5, 0.6) is 0 Å². The number of hydrogen-bond donors (Lipinski definition) is 1. The van der Waals surface area contributed by atoms with E-state index in [9.17, 15) is 4.79 Å². The maximum absolute atomic E-state index is 11.9. The molecular formula is C13H20BrClN2O. The second kappa shape index (κ2) is 8.51. The first kappa shape index (κ1) is 17.4. The minimum Gasteiger partial charge on any atom is -0.330 e. The largest absolute Gasteiger partial charge is 0.330 e. The second-order valence-electron chi connectivity index (χ2n) is 4.13. The summed E-state index contributed by atoms with van der Waals surface area (Å²) in [5.74, 6) is 0.139. The Hall–Kier alpha value is -0.580. The van der Waals surface area contributed by atoms with E-state index in [0.717, 1.165) is 28.6 Å². The third-order valence-corrected chi connectivity index (χ3v) is 3.64. The van der Waals surface area contributed by atoms with Crippen molar-refractivity contribution in [3.05, 3.63) is 28.2 Å². The highest BCUT2D eigenvalue weighted by Gasteiger charge is 2.10. The van der Waals surface area contributed by atoms with E-state index < -0.39 is 0 Å². The summed E-state index contributed by atoms with van der Waals surface area (Å²) in [6.07, 6.45) is 2.32. The molecule has 0 saturated carbocycles. The van der Waals surface area contributed by atoms with Gasteiger partial charge in [-0.25, -0.2) is 0 Å². The number of unbranched alkanes of at least 4 members (excludes halogenated alkanes) is 1. The van der Waals surface area contributed by atoms with Crippen molar-refractivity contribution >= 4 is 39.9 Å². The Bertz CT molecular complexity index is 399. The van der Waals surface area contributed by atoms with Crippen LogP contribution in [0.4, 0.5) is 5.69 Å². The summed E-state index contributed by atoms with van der Waals surface area (Å²) in [6.45, 7) is 2.66. The maximum Gasteiger partial charge on any atom is 0.226 e. The molecule has 0 heterocycles. The molecule has 0 fully saturated rings. The van der Waals surface area contributed by atoms with Gasteiger partial charge in [0, 0.05) is 23.6 Å². The standard InChI is InChI=1S/C13H19BrN2O.ClH/c1-10-9-11(6-7-12(10)14)16(2)13(17)5-3-4-8-15;/h6-7,9H,3-5,8,15H2,1-2H3;1H. The molecule has 0 radical (unpaired) electrons. The number of carbonyl (C=O) groups is 1. The van der Waals surface area contributed by atoms with Gasteiger partial charge in [-0.15, -0.1) is 12.4 Å². The number of rotatable bonds is 5. The average molecular weight is 336 g/mol. The van der Waals surface area contributed by atoms with Gasteiger partial charge >= 0.3 is 0 Å². The Morgan fingerprint density at radius 1 is 1.39 bits per heavy atom. The number of carbonyl (C=O) groups excluding carboxylic acids is 1. The highest BCUT2D eigenvalue weighted by molar-refractivity contribution is 9.10. The summed E-state index contributed by atoms with van der Waals surface area (Å²) in [7, 11) is 1.81. The Morgan fingerprint density at radius 2 is 2.06 bits per heavy atom. The number of nitrogens with two attached hydrogens (primary N) is 1. The van der Waals surface area contributed by atoms with E-state index in [1.54, 1.807) is 4.90 Å². The van der Waals surface area contributed by atoms with E-state index in [1.807, 2.05) is 32.2 Å². The van der Waals surface area contributed by atoms with Crippen LogP contribution in [-0.2, 0) is 4.79 Å². The molecule has 1 rings (SSSR count). The molecular weight excluding hydrogens is 316 g/mol. The zero-order valence-electron chi connectivity index (χ0n) is 10.8. The minimum atomic E-state index is 0. The lowest BCUT2D eigenvalue weighted by Crippen LogP contribution is -2.26. The SMILES string of the molecule is Cc1cc(N(C)C(=O)CCCCN)ccc1Br.Cl. The molecule has 18 heavy (non-hydrogen) atoms. The summed E-state index contributed by atoms with van der Waals surface area (Å²) in [4.78, 5) is 13.6. The van der Waals surface area contributed by atoms with Crippen LogP contribution in [0.3, 0.4) is 0 Å². The first-order valence-corrected chi connectivity index (χ1v) is 6.58. The van der Waals surface area contributed by atoms with E-state index in [0.29, 0.717) is 13.0 Å². The molecule has 3 nitrogen and oxygen atoms in total. The molecule has 1 aromatic rings. The van der Waals surface area contributed by atoms with Crippen LogP contribution >= 0.6 is 28.3 Å². The first-order chi connectivity index (χ1) is 8.06. The van der Waals surface area contributed by atoms with Crippen molar-refractivity contribution in [2.24, 2.45) is 5.73 Å². The van der Waals surface area contributed by atoms with Crippen molar-refractivity contribution in [2.45, 2.75) is 26.2 Å². The van der Waals surface area contributed by atoms with Crippen LogP contribution < -0.4 is 10.6 Å². The lowest BCUT2D eigenvalue weighted by Gasteiger charge is -2.18. The smallest absolute Gasteiger partial charge is 0.226 e. The molecule has 102 valence electrons. The molecule has 5 heteroatoms. The number of anilines is 1. The van der Waals surface area contributed by atoms with E-state index >= 15 is 0 Å². The summed E-state index contributed by atoms with van der Waals surface area (Å²) in [5, 5.41) is 0. The van der Waals surface area contributed by atoms with Gasteiger partial charge in [0.2, 0.25) is 5.91 Å². The summed E-state index contributed by atoms with van der Waals surface area (Å²) >= 11 is 3.45. The zero-order chi connectivity index (χ0) is 12.8. The van der Waals surface area contributed by atoms with Crippen molar-refractivity contribution in [1.29, 1.82) is 0 Å². The van der Waals surface area contributed by atoms with Gasteiger partial charge in [0.05, 0.1) is 0 Å². The van der Waals surface area contributed by atoms with Crippen molar-refractivity contribution in [2.75, 3.05) is 18.5 Å². The van der Waals surface area contributed by atoms with Gasteiger partial charge in [0.1, 0.15) is 0 Å². The minimum absolute atomic E-state index is 0. The summed E-state index contributed by atoms with van der Waals surface area (Å²) in [6, 6.07) is 5.91. The Morgan fingerprint density at radius 3 is 2.61 bits per heavy atom. The van der Waals surface area contributed by atoms with Crippen LogP contribution in [0, 0.1) is 6.92 Å². The third kappa shape index (κ3) is 4.96. The van der Waals surface area contributed by atoms with Gasteiger partial charge < -0.3 is 10.6 Å². The predicted molar refractivity (Wildman–Crippen MR) is 82.4 cm³/mol. The van der Waals surface area contributed by atoms with Crippen LogP contribution in [0.2, 0.25) is 0 Å². The van der Waals surface area contributed by atoms with Crippen molar-refractivity contribution in [1.82, 2.24) is 0 Å². The molecule has 0 aliphatic rings. The molecule has 0 aromatic heterocycles. The molecule has 0 bridgehead atoms. The number of halogens is 2. The van der Waals surface area contributed by atoms with Crippen molar-refractivity contribution in [3.8, 4) is 0 Å². The van der Waals surface area contributed by atoms with Gasteiger partial charge in [-0.2, -0.15) is 0 Å². The van der Waals surface area contributed by atoms with Gasteiger partial charge in [-0.3, -0.25) is 4.79 Å². The molecule has 2 N–H and O–H groups in total. The molecule has 0 unspecified atom stereocenters. The van der Waals surface area contributed by atoms with Gasteiger partial charge in [-0.1, -0.05) is 15.9 Å². The fraction of sp³-hybridized carbons (Fsp3) is 0.462. The number of aryl methyl sites for hydroxylation is 1. The number of benzene rings is 1. The third-order valence-electron chi connectivity index (χ3n) is 2.75. The quantitative estimate of drug-likeness (QED) is 0.839. The van der Waals surface area contributed by atoms with Gasteiger partial charge in [0.25, 0.3) is 0 Å². The van der Waals surface area contributed by atoms with E-state index in [4.69, 9.17) is 5.73 Å². The van der Waals surface area contributed by atoms with Gasteiger partial charge in [0.15, 0.2) is 0 Å². The number of nitrogens with zero attached hydrogens (tertiary/aromatic N) is 1. The molecule has 0 atom stereocenters. The van der Waals surface area contributed by atoms with Crippen molar-refractivity contribution in [3.63, 3.8) is 0 Å². The lowest BCUT2D eigenvalue weighted by molar-refractivity contribution is -0.118. The highest BCUT2D eigenvalue weighted by atomic mass is 79.9. The van der Waals surface area contributed by atoms with E-state index in [-0.39, 0.29) is 18.3 Å². The fourth-order valence-electron chi connectivity index (χ4n) is 1.57. The highest BCUT2D eigenvalue weighted by Crippen LogP contribution is 2.22. The molecule has 1 aromatic carbocycles. The average Bonchev–Trinajstić information content (AvgIpc) is 2.32. The first-order valence-electron chi connectivity index (χ1n) is 5.79. The summed E-state index contributed by atoms with van der Waals surface area (Å²) < 4.78 is 1.06. The predicted octanol–water partition coefficient (Wildman–Crippen LogP) is 3.27. The zero-order valence-corrected chi connectivity index (χ0v) is 13.2. The van der Waals surface area contributed by atoms with Crippen LogP contribution in [0.15, 0.2) is 22.7 Å². The van der Waals surface area contributed by atoms with E-state index in [1.165, 1.54) is 0 Å². The van der Waals surface area contributed by atoms with E-state index in [2.05, 4.69) is 15.9 Å². The molecule has 0 aliphatic carbocycles. The van der Waals surface area contributed by atoms with Crippen LogP contribution in [0.25, 0.3) is 0 Å². The summed E-state index contributed by atoms with van der Waals surface area (Å²) in [5.41, 5.74) is 7.47. The normalized spacial score (nSPS) is 9.78. The van der Waals surface area contributed by atoms with Gasteiger partial charge in [-0.05, 0) is 50.1 Å². The van der Waals surface area contributed by atoms with Crippen molar-refractivity contribution < 1.29 is 4.79 Å². The van der Waals surface area contributed by atoms with Crippen LogP contribution in [0.1, 0.15) is 24.8 Å². The molecule has 1 amide bonds. The maximum atomic E-state index is 11.9. The fourth-order valence-corrected chi connectivity index (χ4v) is 1.82. The Labute approximate surface area is 123 Å². The molecule has 0 aliphatic heterocycles. The molecule has 0 spiro atoms. The van der Waals surface area contributed by atoms with Crippen LogP contribution in [-0.4, -0.2) is 19.5 Å². The number of hydrogen-bond acceptors (Lipinski definition) is 2. The lowest BCUT2D eigenvalue weighted by atomic mass is 10.2. The molecule has 0 saturated heterocycles. The monoisotopic (exact) mass is 334 g/mol.